The van der Waals surface area contributed by atoms with E-state index in [1.807, 2.05) is 31.0 Å². The second kappa shape index (κ2) is 6.29. The zero-order chi connectivity index (χ0) is 17.7. The van der Waals surface area contributed by atoms with Gasteiger partial charge in [-0.25, -0.2) is 0 Å². The quantitative estimate of drug-likeness (QED) is 0.659. The smallest absolute Gasteiger partial charge is 0.228 e. The molecule has 4 bridgehead atoms. The van der Waals surface area contributed by atoms with Crippen LogP contribution >= 0.6 is 15.9 Å². The van der Waals surface area contributed by atoms with Gasteiger partial charge in [-0.2, -0.15) is 0 Å². The third-order valence-corrected chi connectivity index (χ3v) is 7.37. The minimum absolute atomic E-state index is 0.117. The van der Waals surface area contributed by atoms with Crippen molar-refractivity contribution in [3.8, 4) is 5.75 Å². The molecule has 3 nitrogen and oxygen atoms in total. The first kappa shape index (κ1) is 17.4. The molecule has 0 N–H and O–H groups in total. The zero-order valence-corrected chi connectivity index (χ0v) is 16.8. The third-order valence-electron chi connectivity index (χ3n) is 6.44. The predicted molar refractivity (Wildman–Crippen MR) is 103 cm³/mol. The summed E-state index contributed by atoms with van der Waals surface area (Å²) in [7, 11) is 1.97. The highest BCUT2D eigenvalue weighted by molar-refractivity contribution is 9.10. The minimum Gasteiger partial charge on any atom is -0.494 e. The summed E-state index contributed by atoms with van der Waals surface area (Å²) in [5, 5.41) is 0. The van der Waals surface area contributed by atoms with Gasteiger partial charge in [0.05, 0.1) is 12.0 Å². The number of nitrogens with zero attached hydrogens (tertiary/aromatic N) is 1. The molecule has 2 atom stereocenters. The first-order chi connectivity index (χ1) is 11.9. The molecule has 0 saturated heterocycles. The summed E-state index contributed by atoms with van der Waals surface area (Å²) in [6, 6.07) is 8.13. The summed E-state index contributed by atoms with van der Waals surface area (Å²) in [4.78, 5) is 15.4. The molecule has 2 unspecified atom stereocenters. The number of carbonyl (C=O) groups excluding carboxylic acids is 1. The fourth-order valence-corrected chi connectivity index (χ4v) is 7.46. The normalized spacial score (nSPS) is 35.6. The number of rotatable bonds is 5. The molecule has 1 aromatic carbocycles. The molecular weight excluding hydrogens is 378 g/mol. The van der Waals surface area contributed by atoms with Crippen molar-refractivity contribution in [3.63, 3.8) is 0 Å². The predicted octanol–water partition coefficient (Wildman–Crippen LogP) is 4.78. The van der Waals surface area contributed by atoms with Crippen LogP contribution in [-0.4, -0.2) is 28.8 Å². The Labute approximate surface area is 159 Å². The first-order valence-corrected chi connectivity index (χ1v) is 10.4. The van der Waals surface area contributed by atoms with Gasteiger partial charge >= 0.3 is 0 Å². The van der Waals surface area contributed by atoms with Crippen molar-refractivity contribution >= 4 is 21.8 Å². The molecule has 25 heavy (non-hydrogen) atoms. The second-order valence-corrected chi connectivity index (χ2v) is 10.3. The summed E-state index contributed by atoms with van der Waals surface area (Å²) in [5.41, 5.74) is 1.05. The maximum Gasteiger partial charge on any atom is 0.228 e. The van der Waals surface area contributed by atoms with E-state index >= 15 is 0 Å². The number of benzene rings is 1. The summed E-state index contributed by atoms with van der Waals surface area (Å²) in [6.07, 6.45) is 7.10. The topological polar surface area (TPSA) is 29.5 Å². The molecule has 0 radical (unpaired) electrons. The van der Waals surface area contributed by atoms with E-state index in [9.17, 15) is 4.79 Å². The van der Waals surface area contributed by atoms with Crippen molar-refractivity contribution in [2.45, 2.75) is 56.3 Å². The van der Waals surface area contributed by atoms with E-state index in [0.29, 0.717) is 19.1 Å². The average Bonchev–Trinajstić information content (AvgIpc) is 2.54. The van der Waals surface area contributed by atoms with Crippen molar-refractivity contribution < 1.29 is 9.53 Å². The lowest BCUT2D eigenvalue weighted by atomic mass is 9.49. The molecule has 136 valence electrons. The number of alkyl halides is 1. The lowest BCUT2D eigenvalue weighted by Crippen LogP contribution is -2.58. The van der Waals surface area contributed by atoms with Gasteiger partial charge in [0, 0.05) is 17.9 Å². The van der Waals surface area contributed by atoms with E-state index in [-0.39, 0.29) is 9.74 Å². The third kappa shape index (κ3) is 3.22. The van der Waals surface area contributed by atoms with Crippen LogP contribution in [0.4, 0.5) is 0 Å². The number of hydrogen-bond acceptors (Lipinski definition) is 2. The van der Waals surface area contributed by atoms with Crippen LogP contribution in [0.1, 0.15) is 51.0 Å². The van der Waals surface area contributed by atoms with Gasteiger partial charge in [-0.3, -0.25) is 4.79 Å². The number of carbonyl (C=O) groups is 1. The molecule has 0 aromatic heterocycles. The summed E-state index contributed by atoms with van der Waals surface area (Å²) in [6.45, 7) is 3.34. The van der Waals surface area contributed by atoms with Crippen LogP contribution in [0.15, 0.2) is 24.3 Å². The fraction of sp³-hybridized carbons (Fsp3) is 0.667. The summed E-state index contributed by atoms with van der Waals surface area (Å²) < 4.78 is 5.73. The Morgan fingerprint density at radius 3 is 2.40 bits per heavy atom. The van der Waals surface area contributed by atoms with E-state index in [1.54, 1.807) is 0 Å². The van der Waals surface area contributed by atoms with E-state index < -0.39 is 0 Å². The molecular formula is C21H28BrNO2. The van der Waals surface area contributed by atoms with Gasteiger partial charge in [-0.15, -0.1) is 0 Å². The Kier molecular flexibility index (Phi) is 4.38. The highest BCUT2D eigenvalue weighted by Crippen LogP contribution is 2.64. The summed E-state index contributed by atoms with van der Waals surface area (Å²) in [5.74, 6) is 2.73. The molecule has 0 heterocycles. The molecule has 0 aliphatic heterocycles. The molecule has 4 fully saturated rings. The minimum atomic E-state index is -0.117. The van der Waals surface area contributed by atoms with E-state index in [0.717, 1.165) is 42.4 Å². The molecule has 4 heteroatoms. The Balaban J connectivity index is 1.47. The average molecular weight is 406 g/mol. The van der Waals surface area contributed by atoms with Crippen LogP contribution in [0.2, 0.25) is 0 Å². The number of hydrogen-bond donors (Lipinski definition) is 0. The number of ether oxygens (including phenoxy) is 1. The largest absolute Gasteiger partial charge is 0.494 e. The van der Waals surface area contributed by atoms with Gasteiger partial charge in [0.15, 0.2) is 0 Å². The van der Waals surface area contributed by atoms with Gasteiger partial charge < -0.3 is 9.64 Å². The van der Waals surface area contributed by atoms with E-state index in [1.165, 1.54) is 19.3 Å². The van der Waals surface area contributed by atoms with Gasteiger partial charge in [0.1, 0.15) is 5.75 Å². The SMILES string of the molecule is CCOc1ccc(CN(C)C(=O)C23CC4CC(CC(Br)(C4)C2)C3)cc1. The van der Waals surface area contributed by atoms with Crippen LogP contribution in [0.3, 0.4) is 0 Å². The van der Waals surface area contributed by atoms with Crippen molar-refractivity contribution in [1.29, 1.82) is 0 Å². The van der Waals surface area contributed by atoms with E-state index in [2.05, 4.69) is 28.1 Å². The Morgan fingerprint density at radius 2 is 1.84 bits per heavy atom. The van der Waals surface area contributed by atoms with Crippen LogP contribution < -0.4 is 4.74 Å². The first-order valence-electron chi connectivity index (χ1n) is 9.58. The lowest BCUT2D eigenvalue weighted by Gasteiger charge is -2.60. The maximum atomic E-state index is 13.4. The van der Waals surface area contributed by atoms with Crippen LogP contribution in [0.5, 0.6) is 5.75 Å². The standard InChI is InChI=1S/C21H28BrNO2/c1-3-25-18-6-4-15(5-7-18)13-23(2)19(24)20-9-16-8-17(10-20)12-21(22,11-16)14-20/h4-7,16-17H,3,8-14H2,1-2H3. The van der Waals surface area contributed by atoms with Crippen molar-refractivity contribution in [2.24, 2.45) is 17.3 Å². The molecule has 1 aromatic rings. The maximum absolute atomic E-state index is 13.4. The molecule has 4 aliphatic carbocycles. The van der Waals surface area contributed by atoms with Crippen molar-refractivity contribution in [3.05, 3.63) is 29.8 Å². The van der Waals surface area contributed by atoms with Gasteiger partial charge in [0.25, 0.3) is 0 Å². The summed E-state index contributed by atoms with van der Waals surface area (Å²) >= 11 is 4.01. The number of amides is 1. The van der Waals surface area contributed by atoms with Crippen LogP contribution in [0, 0.1) is 17.3 Å². The van der Waals surface area contributed by atoms with Crippen LogP contribution in [-0.2, 0) is 11.3 Å². The van der Waals surface area contributed by atoms with E-state index in [4.69, 9.17) is 4.74 Å². The molecule has 4 saturated carbocycles. The molecule has 1 amide bonds. The highest BCUT2D eigenvalue weighted by Gasteiger charge is 2.60. The van der Waals surface area contributed by atoms with Gasteiger partial charge in [-0.1, -0.05) is 28.1 Å². The molecule has 0 spiro atoms. The monoisotopic (exact) mass is 405 g/mol. The Morgan fingerprint density at radius 1 is 1.20 bits per heavy atom. The van der Waals surface area contributed by atoms with Gasteiger partial charge in [0.2, 0.25) is 5.91 Å². The molecule has 5 rings (SSSR count). The fourth-order valence-electron chi connectivity index (χ4n) is 6.01. The lowest BCUT2D eigenvalue weighted by molar-refractivity contribution is -0.154. The van der Waals surface area contributed by atoms with Gasteiger partial charge in [-0.05, 0) is 75.0 Å². The number of halogens is 1. The second-order valence-electron chi connectivity index (χ2n) is 8.63. The highest BCUT2D eigenvalue weighted by atomic mass is 79.9. The zero-order valence-electron chi connectivity index (χ0n) is 15.3. The van der Waals surface area contributed by atoms with Crippen molar-refractivity contribution in [1.82, 2.24) is 4.90 Å². The Bertz CT molecular complexity index is 642. The molecule has 4 aliphatic rings. The van der Waals surface area contributed by atoms with Crippen LogP contribution in [0.25, 0.3) is 0 Å². The Hall–Kier alpha value is -1.03. The van der Waals surface area contributed by atoms with Crippen molar-refractivity contribution in [2.75, 3.05) is 13.7 Å².